The molecule has 0 radical (unpaired) electrons. The number of furan rings is 1. The Hall–Kier alpha value is -3.79. The molecule has 1 fully saturated rings. The number of alkyl halides is 6. The summed E-state index contributed by atoms with van der Waals surface area (Å²) < 4.78 is 79.8. The third-order valence-electron chi connectivity index (χ3n) is 6.02. The molecule has 1 heterocycles. The Labute approximate surface area is 218 Å². The number of nitrogens with zero attached hydrogens (tertiary/aromatic N) is 1. The minimum Gasteiger partial charge on any atom is -0.475 e. The Morgan fingerprint density at radius 3 is 2.15 bits per heavy atom. The van der Waals surface area contributed by atoms with Crippen LogP contribution in [-0.2, 0) is 9.59 Å². The van der Waals surface area contributed by atoms with Crippen LogP contribution in [0.5, 0.6) is 0 Å². The summed E-state index contributed by atoms with van der Waals surface area (Å²) in [5, 5.41) is 23.1. The highest BCUT2D eigenvalue weighted by Crippen LogP contribution is 2.38. The number of amides is 1. The fourth-order valence-corrected chi connectivity index (χ4v) is 3.94. The number of para-hydroxylation sites is 1. The molecule has 2 atom stereocenters. The van der Waals surface area contributed by atoms with Crippen molar-refractivity contribution in [1.29, 1.82) is 5.26 Å². The van der Waals surface area contributed by atoms with E-state index in [4.69, 9.17) is 14.3 Å². The maximum atomic E-state index is 14.1. The van der Waals surface area contributed by atoms with Gasteiger partial charge in [-0.2, -0.15) is 31.6 Å². The van der Waals surface area contributed by atoms with Crippen molar-refractivity contribution in [3.63, 3.8) is 0 Å². The third-order valence-corrected chi connectivity index (χ3v) is 6.02. The van der Waals surface area contributed by atoms with E-state index in [1.165, 1.54) is 12.1 Å². The second kappa shape index (κ2) is 11.1. The molecule has 2 aromatic carbocycles. The molecule has 210 valence electrons. The van der Waals surface area contributed by atoms with Crippen LogP contribution in [0.2, 0.25) is 0 Å². The van der Waals surface area contributed by atoms with Gasteiger partial charge in [0.15, 0.2) is 0 Å². The molecule has 3 aromatic rings. The maximum Gasteiger partial charge on any atom is 0.490 e. The molecule has 0 aliphatic heterocycles. The van der Waals surface area contributed by atoms with E-state index >= 15 is 0 Å². The highest BCUT2D eigenvalue weighted by molar-refractivity contribution is 6.04. The normalized spacial score (nSPS) is 16.2. The Bertz CT molecular complexity index is 1390. The number of carbonyl (C=O) groups is 2. The van der Waals surface area contributed by atoms with Crippen molar-refractivity contribution in [1.82, 2.24) is 10.6 Å². The number of hydrogen-bond donors (Lipinski definition) is 3. The van der Waals surface area contributed by atoms with E-state index in [9.17, 15) is 36.4 Å². The summed E-state index contributed by atoms with van der Waals surface area (Å²) in [6.07, 6.45) is -8.50. The van der Waals surface area contributed by atoms with Crippen LogP contribution in [0.1, 0.15) is 44.7 Å². The lowest BCUT2D eigenvalue weighted by Gasteiger charge is -2.29. The van der Waals surface area contributed by atoms with Gasteiger partial charge in [-0.15, -0.1) is 0 Å². The van der Waals surface area contributed by atoms with Gasteiger partial charge >= 0.3 is 18.3 Å². The summed E-state index contributed by atoms with van der Waals surface area (Å²) in [4.78, 5) is 21.7. The van der Waals surface area contributed by atoms with E-state index in [1.54, 1.807) is 18.2 Å². The van der Waals surface area contributed by atoms with Crippen LogP contribution in [-0.4, -0.2) is 40.9 Å². The molecule has 0 saturated heterocycles. The van der Waals surface area contributed by atoms with Gasteiger partial charge in [-0.25, -0.2) is 4.79 Å². The Morgan fingerprint density at radius 1 is 1.05 bits per heavy atom. The molecule has 0 spiro atoms. The van der Waals surface area contributed by atoms with Crippen molar-refractivity contribution in [2.24, 2.45) is 5.92 Å². The van der Waals surface area contributed by atoms with Gasteiger partial charge in [-0.05, 0) is 42.9 Å². The first kappa shape index (κ1) is 29.8. The van der Waals surface area contributed by atoms with E-state index in [2.05, 4.69) is 10.6 Å². The van der Waals surface area contributed by atoms with Crippen LogP contribution in [0.3, 0.4) is 0 Å². The highest BCUT2D eigenvalue weighted by Gasteiger charge is 2.47. The molecule has 1 aliphatic carbocycles. The van der Waals surface area contributed by atoms with Crippen LogP contribution in [0.25, 0.3) is 21.9 Å². The molecule has 4 rings (SSSR count). The van der Waals surface area contributed by atoms with Crippen LogP contribution >= 0.6 is 0 Å². The Kier molecular flexibility index (Phi) is 8.50. The summed E-state index contributed by atoms with van der Waals surface area (Å²) in [6.45, 7) is 3.67. The molecular weight excluding hydrogens is 532 g/mol. The molecule has 7 nitrogen and oxygen atoms in total. The van der Waals surface area contributed by atoms with Gasteiger partial charge in [0.05, 0.1) is 12.1 Å². The van der Waals surface area contributed by atoms with E-state index in [0.29, 0.717) is 24.0 Å². The largest absolute Gasteiger partial charge is 0.490 e. The van der Waals surface area contributed by atoms with E-state index < -0.39 is 41.9 Å². The lowest BCUT2D eigenvalue weighted by atomic mass is 9.98. The molecule has 0 bridgehead atoms. The van der Waals surface area contributed by atoms with Gasteiger partial charge in [-0.3, -0.25) is 10.1 Å². The summed E-state index contributed by atoms with van der Waals surface area (Å²) in [5.74, 6) is -3.37. The van der Waals surface area contributed by atoms with Crippen molar-refractivity contribution < 1.29 is 45.5 Å². The minimum atomic E-state index is -5.08. The highest BCUT2D eigenvalue weighted by atomic mass is 19.4. The summed E-state index contributed by atoms with van der Waals surface area (Å²) in [6, 6.07) is 10.5. The molecule has 1 amide bonds. The zero-order valence-electron chi connectivity index (χ0n) is 20.8. The number of nitriles is 1. The maximum absolute atomic E-state index is 14.1. The zero-order chi connectivity index (χ0) is 29.2. The van der Waals surface area contributed by atoms with E-state index in [1.807, 2.05) is 32.0 Å². The minimum absolute atomic E-state index is 0.0257. The van der Waals surface area contributed by atoms with Crippen LogP contribution in [0.15, 0.2) is 46.9 Å². The smallest absolute Gasteiger partial charge is 0.475 e. The van der Waals surface area contributed by atoms with Crippen LogP contribution in [0.4, 0.5) is 26.3 Å². The van der Waals surface area contributed by atoms with Gasteiger partial charge in [0.25, 0.3) is 0 Å². The quantitative estimate of drug-likeness (QED) is 0.307. The van der Waals surface area contributed by atoms with Gasteiger partial charge in [0.2, 0.25) is 5.91 Å². The topological polar surface area (TPSA) is 115 Å². The standard InChI is InChI=1S/C24H24F3N3O2.C2HF3O2/c1-14(2)11-18(22(31)30-23(13-28)9-10-23)29-21(24(25,26)27)15-7-8-17-16-5-3-4-6-19(16)32-20(17)12-15;3-2(4,5)1(6)7/h3-8,12,14,18,21,29H,9-11H2,1-2H3,(H,30,31);(H,6,7)/t18-,21-;/m0./s1. The van der Waals surface area contributed by atoms with E-state index in [-0.39, 0.29) is 17.9 Å². The molecule has 39 heavy (non-hydrogen) atoms. The molecule has 0 unspecified atom stereocenters. The van der Waals surface area contributed by atoms with Gasteiger partial charge < -0.3 is 14.8 Å². The van der Waals surface area contributed by atoms with Gasteiger partial charge in [-0.1, -0.05) is 44.2 Å². The lowest BCUT2D eigenvalue weighted by molar-refractivity contribution is -0.192. The second-order valence-electron chi connectivity index (χ2n) is 9.66. The number of fused-ring (bicyclic) bond motifs is 3. The summed E-state index contributed by atoms with van der Waals surface area (Å²) >= 11 is 0. The first-order valence-electron chi connectivity index (χ1n) is 11.8. The Morgan fingerprint density at radius 2 is 1.64 bits per heavy atom. The molecule has 3 N–H and O–H groups in total. The van der Waals surface area contributed by atoms with Gasteiger partial charge in [0, 0.05) is 10.8 Å². The van der Waals surface area contributed by atoms with Crippen molar-refractivity contribution in [2.45, 2.75) is 63.1 Å². The van der Waals surface area contributed by atoms with Crippen molar-refractivity contribution in [3.05, 3.63) is 48.0 Å². The molecular formula is C26H25F6N3O4. The fraction of sp³-hybridized carbons (Fsp3) is 0.423. The zero-order valence-corrected chi connectivity index (χ0v) is 20.8. The average Bonchev–Trinajstić information content (AvgIpc) is 3.51. The first-order valence-corrected chi connectivity index (χ1v) is 11.8. The SMILES string of the molecule is CC(C)C[C@H](N[C@@H](c1ccc2c(c1)oc1ccccc12)C(F)(F)F)C(=O)NC1(C#N)CC1.O=C(O)C(F)(F)F. The monoisotopic (exact) mass is 557 g/mol. The number of rotatable bonds is 7. The van der Waals surface area contributed by atoms with Crippen molar-refractivity contribution >= 4 is 33.8 Å². The van der Waals surface area contributed by atoms with Crippen LogP contribution < -0.4 is 10.6 Å². The predicted molar refractivity (Wildman–Crippen MR) is 128 cm³/mol. The second-order valence-corrected chi connectivity index (χ2v) is 9.66. The van der Waals surface area contributed by atoms with Crippen LogP contribution in [0, 0.1) is 17.2 Å². The first-order chi connectivity index (χ1) is 18.1. The number of carboxylic acid groups (broad SMARTS) is 1. The molecule has 13 heteroatoms. The van der Waals surface area contributed by atoms with Crippen molar-refractivity contribution in [3.8, 4) is 6.07 Å². The average molecular weight is 557 g/mol. The molecule has 1 aliphatic rings. The predicted octanol–water partition coefficient (Wildman–Crippen LogP) is 6.00. The van der Waals surface area contributed by atoms with Gasteiger partial charge in [0.1, 0.15) is 22.7 Å². The third kappa shape index (κ3) is 7.41. The summed E-state index contributed by atoms with van der Waals surface area (Å²) in [5.41, 5.74) is -0.0351. The number of hydrogen-bond acceptors (Lipinski definition) is 5. The summed E-state index contributed by atoms with van der Waals surface area (Å²) in [7, 11) is 0. The Balaban J connectivity index is 0.000000532. The fourth-order valence-electron chi connectivity index (χ4n) is 3.94. The van der Waals surface area contributed by atoms with Crippen molar-refractivity contribution in [2.75, 3.05) is 0 Å². The number of nitrogens with one attached hydrogen (secondary N) is 2. The number of carboxylic acids is 1. The lowest BCUT2D eigenvalue weighted by Crippen LogP contribution is -2.52. The molecule has 1 saturated carbocycles. The number of benzene rings is 2. The molecule has 1 aromatic heterocycles. The van der Waals surface area contributed by atoms with E-state index in [0.717, 1.165) is 10.8 Å². The number of aliphatic carboxylic acids is 1. The number of halogens is 6. The number of carbonyl (C=O) groups excluding carboxylic acids is 1.